The summed E-state index contributed by atoms with van der Waals surface area (Å²) in [4.78, 5) is 4.59. The summed E-state index contributed by atoms with van der Waals surface area (Å²) in [5, 5.41) is 0. The molecule has 27 heavy (non-hydrogen) atoms. The van der Waals surface area contributed by atoms with Gasteiger partial charge in [-0.2, -0.15) is 0 Å². The Hall–Kier alpha value is -0.920. The minimum atomic E-state index is 1.13. The summed E-state index contributed by atoms with van der Waals surface area (Å²) in [7, 11) is 0. The molecular formula is C25H47N2+. The highest BCUT2D eigenvalue weighted by atomic mass is 15.0. The van der Waals surface area contributed by atoms with Crippen LogP contribution in [0.2, 0.25) is 0 Å². The topological polar surface area (TPSA) is 16.8 Å². The van der Waals surface area contributed by atoms with E-state index in [1.54, 1.807) is 0 Å². The fourth-order valence-corrected chi connectivity index (χ4v) is 4.14. The highest BCUT2D eigenvalue weighted by Gasteiger charge is 2.11. The third-order valence-corrected chi connectivity index (χ3v) is 5.81. The zero-order valence-corrected chi connectivity index (χ0v) is 19.0. The molecule has 0 saturated carbocycles. The first-order chi connectivity index (χ1) is 13.1. The molecular weight excluding hydrogens is 328 g/mol. The molecule has 0 saturated heterocycles. The number of hydrogen-bond donors (Lipinski definition) is 0. The highest BCUT2D eigenvalue weighted by molar-refractivity contribution is 5.01. The summed E-state index contributed by atoms with van der Waals surface area (Å²) < 4.78 is 2.37. The van der Waals surface area contributed by atoms with E-state index in [1.807, 2.05) is 0 Å². The minimum Gasteiger partial charge on any atom is -0.232 e. The lowest BCUT2D eigenvalue weighted by Gasteiger charge is -2.06. The zero-order chi connectivity index (χ0) is 19.7. The molecule has 1 aromatic heterocycles. The molecule has 0 aliphatic carbocycles. The Bertz CT molecular complexity index is 458. The lowest BCUT2D eigenvalue weighted by atomic mass is 10.0. The second-order valence-electron chi connectivity index (χ2n) is 8.54. The Morgan fingerprint density at radius 1 is 0.630 bits per heavy atom. The van der Waals surface area contributed by atoms with Crippen molar-refractivity contribution in [3.05, 3.63) is 23.3 Å². The molecule has 0 aliphatic rings. The van der Waals surface area contributed by atoms with Gasteiger partial charge in [0, 0.05) is 19.9 Å². The average molecular weight is 376 g/mol. The van der Waals surface area contributed by atoms with Crippen molar-refractivity contribution in [1.82, 2.24) is 4.98 Å². The largest absolute Gasteiger partial charge is 0.295 e. The molecule has 0 spiro atoms. The molecule has 0 radical (unpaired) electrons. The second-order valence-corrected chi connectivity index (χ2v) is 8.54. The number of rotatable bonds is 17. The summed E-state index contributed by atoms with van der Waals surface area (Å²) in [6, 6.07) is 2.19. The summed E-state index contributed by atoms with van der Waals surface area (Å²) in [6.07, 6.45) is 22.9. The van der Waals surface area contributed by atoms with E-state index in [9.17, 15) is 0 Å². The Morgan fingerprint density at radius 3 is 1.44 bits per heavy atom. The van der Waals surface area contributed by atoms with E-state index in [2.05, 4.69) is 43.3 Å². The van der Waals surface area contributed by atoms with Crippen LogP contribution in [0.5, 0.6) is 0 Å². The zero-order valence-electron chi connectivity index (χ0n) is 19.0. The summed E-state index contributed by atoms with van der Waals surface area (Å²) in [5.41, 5.74) is 2.48. The Balaban J connectivity index is 1.86. The van der Waals surface area contributed by atoms with Crippen LogP contribution in [0.1, 0.15) is 127 Å². The van der Waals surface area contributed by atoms with Crippen molar-refractivity contribution in [2.24, 2.45) is 0 Å². The molecule has 0 aliphatic heterocycles. The summed E-state index contributed by atoms with van der Waals surface area (Å²) in [5.74, 6) is 1.16. The van der Waals surface area contributed by atoms with E-state index < -0.39 is 0 Å². The molecule has 156 valence electrons. The van der Waals surface area contributed by atoms with Crippen molar-refractivity contribution in [1.29, 1.82) is 0 Å². The minimum absolute atomic E-state index is 1.13. The van der Waals surface area contributed by atoms with E-state index in [4.69, 9.17) is 0 Å². The maximum Gasteiger partial charge on any atom is 0.295 e. The van der Waals surface area contributed by atoms with Gasteiger partial charge < -0.3 is 0 Å². The maximum absolute atomic E-state index is 4.59. The van der Waals surface area contributed by atoms with Gasteiger partial charge in [0.25, 0.3) is 5.82 Å². The lowest BCUT2D eigenvalue weighted by molar-refractivity contribution is -0.712. The van der Waals surface area contributed by atoms with Crippen LogP contribution in [0, 0.1) is 20.8 Å². The molecule has 0 aromatic carbocycles. The quantitative estimate of drug-likeness (QED) is 0.203. The highest BCUT2D eigenvalue weighted by Crippen LogP contribution is 2.13. The predicted octanol–water partition coefficient (Wildman–Crippen LogP) is 7.56. The fourth-order valence-electron chi connectivity index (χ4n) is 4.14. The first-order valence-corrected chi connectivity index (χ1v) is 12.0. The predicted molar refractivity (Wildman–Crippen MR) is 118 cm³/mol. The molecule has 0 N–H and O–H groups in total. The molecule has 1 rings (SSSR count). The number of hydrogen-bond acceptors (Lipinski definition) is 1. The van der Waals surface area contributed by atoms with Crippen LogP contribution in [-0.2, 0) is 6.54 Å². The number of aromatic nitrogens is 2. The third kappa shape index (κ3) is 12.2. The van der Waals surface area contributed by atoms with Gasteiger partial charge in [-0.3, -0.25) is 0 Å². The smallest absolute Gasteiger partial charge is 0.232 e. The molecule has 2 nitrogen and oxygen atoms in total. The molecule has 0 fully saturated rings. The average Bonchev–Trinajstić information content (AvgIpc) is 2.63. The van der Waals surface area contributed by atoms with Crippen molar-refractivity contribution in [2.75, 3.05) is 0 Å². The molecule has 1 heterocycles. The first kappa shape index (κ1) is 24.1. The van der Waals surface area contributed by atoms with Crippen LogP contribution < -0.4 is 4.57 Å². The molecule has 0 unspecified atom stereocenters. The molecule has 1 aromatic rings. The van der Waals surface area contributed by atoms with E-state index in [-0.39, 0.29) is 0 Å². The third-order valence-electron chi connectivity index (χ3n) is 5.81. The van der Waals surface area contributed by atoms with Crippen LogP contribution >= 0.6 is 0 Å². The lowest BCUT2D eigenvalue weighted by Crippen LogP contribution is -2.41. The molecule has 0 atom stereocenters. The standard InChI is InChI=1S/C25H47N2/c1-5-6-7-8-9-10-11-12-13-14-15-16-17-18-19-20-21-27-24(3)22-23(2)26-25(27)4/h22H,5-21H2,1-4H3/q+1. The normalized spacial score (nSPS) is 11.3. The fraction of sp³-hybridized carbons (Fsp3) is 0.840. The van der Waals surface area contributed by atoms with Crippen molar-refractivity contribution in [2.45, 2.75) is 137 Å². The van der Waals surface area contributed by atoms with E-state index in [1.165, 1.54) is 108 Å². The Labute approximate surface area is 170 Å². The maximum atomic E-state index is 4.59. The van der Waals surface area contributed by atoms with Gasteiger partial charge in [-0.25, -0.2) is 4.57 Å². The van der Waals surface area contributed by atoms with Gasteiger partial charge in [0.2, 0.25) is 0 Å². The van der Waals surface area contributed by atoms with E-state index >= 15 is 0 Å². The van der Waals surface area contributed by atoms with Crippen LogP contribution in [0.3, 0.4) is 0 Å². The van der Waals surface area contributed by atoms with Crippen LogP contribution in [0.4, 0.5) is 0 Å². The molecule has 0 bridgehead atoms. The van der Waals surface area contributed by atoms with Gasteiger partial charge >= 0.3 is 0 Å². The Morgan fingerprint density at radius 2 is 1.04 bits per heavy atom. The summed E-state index contributed by atoms with van der Waals surface area (Å²) in [6.45, 7) is 9.84. The van der Waals surface area contributed by atoms with Crippen LogP contribution in [0.15, 0.2) is 6.07 Å². The summed E-state index contributed by atoms with van der Waals surface area (Å²) >= 11 is 0. The van der Waals surface area contributed by atoms with Crippen molar-refractivity contribution < 1.29 is 4.57 Å². The van der Waals surface area contributed by atoms with Gasteiger partial charge in [0.05, 0.1) is 6.54 Å². The van der Waals surface area contributed by atoms with Crippen molar-refractivity contribution in [3.8, 4) is 0 Å². The molecule has 2 heteroatoms. The van der Waals surface area contributed by atoms with Crippen LogP contribution in [0.25, 0.3) is 0 Å². The van der Waals surface area contributed by atoms with E-state index in [0.717, 1.165) is 18.1 Å². The van der Waals surface area contributed by atoms with Crippen molar-refractivity contribution in [3.63, 3.8) is 0 Å². The van der Waals surface area contributed by atoms with Gasteiger partial charge in [-0.05, 0) is 19.8 Å². The number of nitrogens with zero attached hydrogens (tertiary/aromatic N) is 2. The van der Waals surface area contributed by atoms with Gasteiger partial charge in [0.1, 0.15) is 5.69 Å². The first-order valence-electron chi connectivity index (χ1n) is 12.0. The SMILES string of the molecule is CCCCCCCCCCCCCCCCCC[n+]1c(C)cc(C)nc1C. The van der Waals surface area contributed by atoms with E-state index in [0.29, 0.717) is 0 Å². The number of aryl methyl sites for hydroxylation is 3. The number of unbranched alkanes of at least 4 members (excludes halogenated alkanes) is 15. The Kier molecular flexibility index (Phi) is 14.4. The molecule has 0 amide bonds. The van der Waals surface area contributed by atoms with Gasteiger partial charge in [0.15, 0.2) is 5.69 Å². The van der Waals surface area contributed by atoms with Gasteiger partial charge in [-0.15, -0.1) is 0 Å². The monoisotopic (exact) mass is 375 g/mol. The second kappa shape index (κ2) is 16.1. The van der Waals surface area contributed by atoms with Crippen molar-refractivity contribution >= 4 is 0 Å². The van der Waals surface area contributed by atoms with Crippen LogP contribution in [-0.4, -0.2) is 4.98 Å². The van der Waals surface area contributed by atoms with Gasteiger partial charge in [-0.1, -0.05) is 102 Å².